The van der Waals surface area contributed by atoms with Gasteiger partial charge in [0.1, 0.15) is 11.6 Å². The minimum atomic E-state index is -0.267. The van der Waals surface area contributed by atoms with E-state index < -0.39 is 0 Å². The van der Waals surface area contributed by atoms with Crippen LogP contribution in [-0.2, 0) is 4.74 Å². The molecule has 2 aromatic rings. The maximum atomic E-state index is 13.9. The van der Waals surface area contributed by atoms with Crippen molar-refractivity contribution in [3.63, 3.8) is 0 Å². The molecule has 0 amide bonds. The lowest BCUT2D eigenvalue weighted by molar-refractivity contribution is 0.0545. The van der Waals surface area contributed by atoms with E-state index in [0.717, 1.165) is 36.8 Å². The molecule has 3 heterocycles. The molecule has 0 bridgehead atoms. The van der Waals surface area contributed by atoms with E-state index in [9.17, 15) is 4.39 Å². The van der Waals surface area contributed by atoms with Crippen LogP contribution < -0.4 is 5.32 Å². The Hall–Kier alpha value is -2.05. The van der Waals surface area contributed by atoms with Gasteiger partial charge in [-0.05, 0) is 67.7 Å². The fraction of sp³-hybridized carbons (Fsp3) is 0.565. The molecule has 3 fully saturated rings. The Morgan fingerprint density at radius 3 is 2.45 bits per heavy atom. The summed E-state index contributed by atoms with van der Waals surface area (Å²) in [7, 11) is 0. The molecule has 6 heteroatoms. The van der Waals surface area contributed by atoms with Gasteiger partial charge in [0.2, 0.25) is 0 Å². The Labute approximate surface area is 171 Å². The Morgan fingerprint density at radius 1 is 1.00 bits per heavy atom. The number of halogens is 1. The molecule has 3 atom stereocenters. The van der Waals surface area contributed by atoms with Crippen molar-refractivity contribution in [2.75, 3.05) is 38.2 Å². The van der Waals surface area contributed by atoms with Gasteiger partial charge in [-0.2, -0.15) is 0 Å². The summed E-state index contributed by atoms with van der Waals surface area (Å²) >= 11 is 0. The molecule has 2 saturated heterocycles. The van der Waals surface area contributed by atoms with Crippen molar-refractivity contribution in [1.29, 1.82) is 0 Å². The SMILES string of the molecule is Fc1ccccc1-c1ccc(N[C@H]2C[C@@H]3CN(CC4CCOCC4)C[C@@H]3C2)nn1. The smallest absolute Gasteiger partial charge is 0.148 e. The standard InChI is InChI=1S/C23H29FN4O/c24-21-4-2-1-3-20(21)22-5-6-23(27-26-22)25-19-11-17-14-28(15-18(17)12-19)13-16-7-9-29-10-8-16/h1-6,16-19H,7-15H2,(H,25,27)/t17-,18+,19+. The number of nitrogens with one attached hydrogen (secondary N) is 1. The van der Waals surface area contributed by atoms with Crippen molar-refractivity contribution in [2.45, 2.75) is 31.7 Å². The zero-order chi connectivity index (χ0) is 19.6. The van der Waals surface area contributed by atoms with E-state index in [1.54, 1.807) is 12.1 Å². The summed E-state index contributed by atoms with van der Waals surface area (Å²) in [6.45, 7) is 5.59. The fourth-order valence-electron chi connectivity index (χ4n) is 5.39. The van der Waals surface area contributed by atoms with Gasteiger partial charge < -0.3 is 15.0 Å². The fourth-order valence-corrected chi connectivity index (χ4v) is 5.39. The van der Waals surface area contributed by atoms with Crippen molar-refractivity contribution >= 4 is 5.82 Å². The topological polar surface area (TPSA) is 50.3 Å². The molecule has 2 aliphatic heterocycles. The molecule has 3 aliphatic rings. The number of hydrogen-bond donors (Lipinski definition) is 1. The minimum absolute atomic E-state index is 0.267. The second-order valence-electron chi connectivity index (χ2n) is 8.89. The molecule has 0 spiro atoms. The first-order valence-corrected chi connectivity index (χ1v) is 10.9. The van der Waals surface area contributed by atoms with Crippen LogP contribution in [0.1, 0.15) is 25.7 Å². The molecular weight excluding hydrogens is 367 g/mol. The van der Waals surface area contributed by atoms with Crippen LogP contribution in [0.4, 0.5) is 10.2 Å². The number of benzene rings is 1. The average molecular weight is 397 g/mol. The molecule has 1 N–H and O–H groups in total. The summed E-state index contributed by atoms with van der Waals surface area (Å²) in [6, 6.07) is 10.9. The van der Waals surface area contributed by atoms with Crippen molar-refractivity contribution < 1.29 is 9.13 Å². The lowest BCUT2D eigenvalue weighted by Gasteiger charge is -2.27. The van der Waals surface area contributed by atoms with Gasteiger partial charge in [-0.15, -0.1) is 10.2 Å². The van der Waals surface area contributed by atoms with Crippen LogP contribution in [0.2, 0.25) is 0 Å². The summed E-state index contributed by atoms with van der Waals surface area (Å²) in [5.41, 5.74) is 1.06. The molecule has 1 aromatic carbocycles. The third-order valence-electron chi connectivity index (χ3n) is 6.85. The average Bonchev–Trinajstić information content (AvgIpc) is 3.28. The van der Waals surface area contributed by atoms with Gasteiger partial charge in [0.15, 0.2) is 0 Å². The highest BCUT2D eigenvalue weighted by atomic mass is 19.1. The maximum absolute atomic E-state index is 13.9. The minimum Gasteiger partial charge on any atom is -0.381 e. The quantitative estimate of drug-likeness (QED) is 0.832. The molecule has 1 aromatic heterocycles. The Balaban J connectivity index is 1.13. The highest BCUT2D eigenvalue weighted by Gasteiger charge is 2.41. The van der Waals surface area contributed by atoms with Gasteiger partial charge in [-0.3, -0.25) is 0 Å². The first kappa shape index (κ1) is 18.9. The van der Waals surface area contributed by atoms with Crippen molar-refractivity contribution in [3.05, 3.63) is 42.2 Å². The first-order chi connectivity index (χ1) is 14.2. The predicted octanol–water partition coefficient (Wildman–Crippen LogP) is 3.83. The summed E-state index contributed by atoms with van der Waals surface area (Å²) < 4.78 is 19.4. The summed E-state index contributed by atoms with van der Waals surface area (Å²) in [4.78, 5) is 2.69. The number of nitrogens with zero attached hydrogens (tertiary/aromatic N) is 3. The molecule has 0 radical (unpaired) electrons. The Bertz CT molecular complexity index is 810. The van der Waals surface area contributed by atoms with E-state index in [1.807, 2.05) is 18.2 Å². The molecule has 154 valence electrons. The molecule has 29 heavy (non-hydrogen) atoms. The molecule has 1 saturated carbocycles. The maximum Gasteiger partial charge on any atom is 0.148 e. The second-order valence-corrected chi connectivity index (χ2v) is 8.89. The summed E-state index contributed by atoms with van der Waals surface area (Å²) in [5, 5.41) is 12.1. The van der Waals surface area contributed by atoms with Crippen LogP contribution in [-0.4, -0.2) is 54.0 Å². The number of hydrogen-bond acceptors (Lipinski definition) is 5. The van der Waals surface area contributed by atoms with Crippen LogP contribution in [0.3, 0.4) is 0 Å². The zero-order valence-corrected chi connectivity index (χ0v) is 16.8. The highest BCUT2D eigenvalue weighted by molar-refractivity contribution is 5.60. The lowest BCUT2D eigenvalue weighted by Crippen LogP contribution is -2.32. The molecule has 0 unspecified atom stereocenters. The highest BCUT2D eigenvalue weighted by Crippen LogP contribution is 2.39. The largest absolute Gasteiger partial charge is 0.381 e. The lowest BCUT2D eigenvalue weighted by atomic mass is 10.00. The molecule has 1 aliphatic carbocycles. The van der Waals surface area contributed by atoms with Gasteiger partial charge in [-0.1, -0.05) is 12.1 Å². The predicted molar refractivity (Wildman–Crippen MR) is 111 cm³/mol. The van der Waals surface area contributed by atoms with E-state index in [0.29, 0.717) is 17.3 Å². The molecule has 5 nitrogen and oxygen atoms in total. The molecule has 5 rings (SSSR count). The third-order valence-corrected chi connectivity index (χ3v) is 6.85. The number of fused-ring (bicyclic) bond motifs is 1. The van der Waals surface area contributed by atoms with E-state index in [1.165, 1.54) is 51.4 Å². The van der Waals surface area contributed by atoms with E-state index in [-0.39, 0.29) is 5.82 Å². The first-order valence-electron chi connectivity index (χ1n) is 10.9. The van der Waals surface area contributed by atoms with E-state index in [4.69, 9.17) is 4.74 Å². The summed E-state index contributed by atoms with van der Waals surface area (Å²) in [6.07, 6.45) is 4.84. The van der Waals surface area contributed by atoms with Crippen LogP contribution >= 0.6 is 0 Å². The number of anilines is 1. The Kier molecular flexibility index (Phi) is 5.46. The number of aromatic nitrogens is 2. The van der Waals surface area contributed by atoms with Gasteiger partial charge in [0.25, 0.3) is 0 Å². The van der Waals surface area contributed by atoms with Gasteiger partial charge in [-0.25, -0.2) is 4.39 Å². The van der Waals surface area contributed by atoms with E-state index >= 15 is 0 Å². The number of likely N-dealkylation sites (tertiary alicyclic amines) is 1. The van der Waals surface area contributed by atoms with Gasteiger partial charge in [0, 0.05) is 44.5 Å². The van der Waals surface area contributed by atoms with Crippen LogP contribution in [0, 0.1) is 23.6 Å². The third kappa shape index (κ3) is 4.28. The van der Waals surface area contributed by atoms with Crippen molar-refractivity contribution in [2.24, 2.45) is 17.8 Å². The van der Waals surface area contributed by atoms with Gasteiger partial charge in [0.05, 0.1) is 5.69 Å². The molecular formula is C23H29FN4O. The van der Waals surface area contributed by atoms with E-state index in [2.05, 4.69) is 20.4 Å². The van der Waals surface area contributed by atoms with Crippen molar-refractivity contribution in [1.82, 2.24) is 15.1 Å². The van der Waals surface area contributed by atoms with Crippen LogP contribution in [0.25, 0.3) is 11.3 Å². The van der Waals surface area contributed by atoms with Crippen LogP contribution in [0.5, 0.6) is 0 Å². The second kappa shape index (κ2) is 8.36. The number of ether oxygens (including phenoxy) is 1. The Morgan fingerprint density at radius 2 is 1.76 bits per heavy atom. The zero-order valence-electron chi connectivity index (χ0n) is 16.8. The number of rotatable bonds is 5. The van der Waals surface area contributed by atoms with Crippen molar-refractivity contribution in [3.8, 4) is 11.3 Å². The summed E-state index contributed by atoms with van der Waals surface area (Å²) in [5.74, 6) is 2.92. The van der Waals surface area contributed by atoms with Gasteiger partial charge >= 0.3 is 0 Å². The van der Waals surface area contributed by atoms with Crippen LogP contribution in [0.15, 0.2) is 36.4 Å². The monoisotopic (exact) mass is 396 g/mol. The normalized spacial score (nSPS) is 27.8.